The van der Waals surface area contributed by atoms with Gasteiger partial charge in [0, 0.05) is 13.1 Å². The fourth-order valence-corrected chi connectivity index (χ4v) is 3.47. The van der Waals surface area contributed by atoms with E-state index in [-0.39, 0.29) is 0 Å². The Morgan fingerprint density at radius 3 is 2.61 bits per heavy atom. The summed E-state index contributed by atoms with van der Waals surface area (Å²) in [6, 6.07) is 16.3. The summed E-state index contributed by atoms with van der Waals surface area (Å²) in [6.07, 6.45) is 1.83. The first kappa shape index (κ1) is 20.0. The van der Waals surface area contributed by atoms with E-state index in [4.69, 9.17) is 22.1 Å². The van der Waals surface area contributed by atoms with E-state index < -0.39 is 0 Å². The van der Waals surface area contributed by atoms with Crippen molar-refractivity contribution in [3.63, 3.8) is 0 Å². The quantitative estimate of drug-likeness (QED) is 0.411. The number of allylic oxidation sites excluding steroid dienone is 1. The lowest BCUT2D eigenvalue weighted by Crippen LogP contribution is -2.23. The first-order valence-electron chi connectivity index (χ1n) is 9.20. The Hall–Kier alpha value is -2.70. The molecule has 0 bridgehead atoms. The van der Waals surface area contributed by atoms with E-state index in [0.717, 1.165) is 23.7 Å². The minimum Gasteiger partial charge on any atom is -0.496 e. The summed E-state index contributed by atoms with van der Waals surface area (Å²) in [5.74, 6) is 1.56. The van der Waals surface area contributed by atoms with E-state index in [1.54, 1.807) is 7.11 Å². The average molecular weight is 395 g/mol. The lowest BCUT2D eigenvalue weighted by molar-refractivity contribution is 0.243. The van der Waals surface area contributed by atoms with Gasteiger partial charge in [-0.05, 0) is 49.4 Å². The van der Waals surface area contributed by atoms with Crippen LogP contribution in [-0.4, -0.2) is 33.4 Å². The first-order chi connectivity index (χ1) is 13.5. The highest BCUT2D eigenvalue weighted by molar-refractivity contribution is 7.71. The highest BCUT2D eigenvalue weighted by Gasteiger charge is 2.16. The molecule has 0 radical (unpaired) electrons. The molecular weight excluding hydrogens is 368 g/mol. The maximum atomic E-state index is 5.71. The number of aryl methyl sites for hydroxylation is 1. The molecular formula is C22H26N4OS. The number of hydrogen-bond donors (Lipinski definition) is 0. The van der Waals surface area contributed by atoms with Gasteiger partial charge in [0.05, 0.1) is 19.3 Å². The highest BCUT2D eigenvalue weighted by Crippen LogP contribution is 2.28. The molecule has 5 nitrogen and oxygen atoms in total. The van der Waals surface area contributed by atoms with E-state index in [1.165, 1.54) is 11.1 Å². The van der Waals surface area contributed by atoms with Crippen LogP contribution in [0.15, 0.2) is 61.2 Å². The van der Waals surface area contributed by atoms with E-state index in [9.17, 15) is 0 Å². The molecule has 28 heavy (non-hydrogen) atoms. The third-order valence-corrected chi connectivity index (χ3v) is 5.09. The number of para-hydroxylation sites is 1. The summed E-state index contributed by atoms with van der Waals surface area (Å²) < 4.78 is 10.0. The van der Waals surface area contributed by atoms with Crippen molar-refractivity contribution in [2.75, 3.05) is 14.2 Å². The summed E-state index contributed by atoms with van der Waals surface area (Å²) in [4.78, 5) is 2.20. The average Bonchev–Trinajstić information content (AvgIpc) is 2.99. The molecule has 0 atom stereocenters. The molecule has 2 aromatic carbocycles. The molecule has 146 valence electrons. The van der Waals surface area contributed by atoms with E-state index >= 15 is 0 Å². The van der Waals surface area contributed by atoms with Crippen LogP contribution in [0.25, 0.3) is 11.4 Å². The minimum absolute atomic E-state index is 0.591. The van der Waals surface area contributed by atoms with Crippen LogP contribution >= 0.6 is 12.2 Å². The topological polar surface area (TPSA) is 35.2 Å². The second kappa shape index (κ2) is 8.99. The van der Waals surface area contributed by atoms with Gasteiger partial charge in [-0.3, -0.25) is 9.47 Å². The first-order valence-corrected chi connectivity index (χ1v) is 9.61. The summed E-state index contributed by atoms with van der Waals surface area (Å²) in [7, 11) is 3.74. The number of hydrogen-bond acceptors (Lipinski definition) is 4. The van der Waals surface area contributed by atoms with E-state index in [0.29, 0.717) is 18.0 Å². The molecule has 0 N–H and O–H groups in total. The van der Waals surface area contributed by atoms with E-state index in [2.05, 4.69) is 49.7 Å². The molecule has 0 unspecified atom stereocenters. The number of nitrogens with zero attached hydrogens (tertiary/aromatic N) is 4. The third kappa shape index (κ3) is 4.24. The van der Waals surface area contributed by atoms with Gasteiger partial charge in [0.25, 0.3) is 0 Å². The Kier molecular flexibility index (Phi) is 6.44. The zero-order valence-electron chi connectivity index (χ0n) is 16.6. The Bertz CT molecular complexity index is 1020. The van der Waals surface area contributed by atoms with Crippen molar-refractivity contribution in [3.05, 3.63) is 77.1 Å². The maximum Gasteiger partial charge on any atom is 0.199 e. The normalized spacial score (nSPS) is 11.0. The van der Waals surface area contributed by atoms with Crippen molar-refractivity contribution in [3.8, 4) is 17.1 Å². The van der Waals surface area contributed by atoms with Crippen molar-refractivity contribution >= 4 is 12.2 Å². The monoisotopic (exact) mass is 394 g/mol. The Morgan fingerprint density at radius 1 is 1.18 bits per heavy atom. The zero-order chi connectivity index (χ0) is 20.1. The standard InChI is InChI=1S/C22H26N4OS/c1-5-14-25-21(19-12-8-9-13-20(19)27-4)23-26(22(25)28)16-24(3)15-18-11-7-6-10-17(18)2/h5-13H,1,14-16H2,2-4H3. The van der Waals surface area contributed by atoms with E-state index in [1.807, 2.05) is 39.6 Å². The second-order valence-electron chi connectivity index (χ2n) is 6.79. The molecule has 0 amide bonds. The van der Waals surface area contributed by atoms with Gasteiger partial charge in [-0.1, -0.05) is 42.5 Å². The van der Waals surface area contributed by atoms with Gasteiger partial charge in [0.2, 0.25) is 0 Å². The fourth-order valence-electron chi connectivity index (χ4n) is 3.21. The van der Waals surface area contributed by atoms with Gasteiger partial charge in [-0.2, -0.15) is 5.10 Å². The lowest BCUT2D eigenvalue weighted by atomic mass is 10.1. The van der Waals surface area contributed by atoms with Gasteiger partial charge in [-0.25, -0.2) is 4.68 Å². The lowest BCUT2D eigenvalue weighted by Gasteiger charge is -2.17. The van der Waals surface area contributed by atoms with Crippen LogP contribution in [0.5, 0.6) is 5.75 Å². The molecule has 0 saturated carbocycles. The molecule has 0 aliphatic carbocycles. The number of benzene rings is 2. The molecule has 0 spiro atoms. The maximum absolute atomic E-state index is 5.71. The fraction of sp³-hybridized carbons (Fsp3) is 0.273. The van der Waals surface area contributed by atoms with Crippen LogP contribution in [0.3, 0.4) is 0 Å². The molecule has 3 aromatic rings. The van der Waals surface area contributed by atoms with Gasteiger partial charge in [0.15, 0.2) is 10.6 Å². The van der Waals surface area contributed by atoms with Crippen LogP contribution < -0.4 is 4.74 Å². The Balaban J connectivity index is 1.93. The Labute approximate surface area is 171 Å². The molecule has 0 aliphatic rings. The van der Waals surface area contributed by atoms with Crippen LogP contribution in [0, 0.1) is 11.7 Å². The van der Waals surface area contributed by atoms with Gasteiger partial charge >= 0.3 is 0 Å². The molecule has 3 rings (SSSR count). The van der Waals surface area contributed by atoms with Crippen molar-refractivity contribution in [2.45, 2.75) is 26.7 Å². The number of rotatable bonds is 8. The number of ether oxygens (including phenoxy) is 1. The molecule has 0 fully saturated rings. The largest absolute Gasteiger partial charge is 0.496 e. The third-order valence-electron chi connectivity index (χ3n) is 4.66. The SMILES string of the molecule is C=CCn1c(-c2ccccc2OC)nn(CN(C)Cc2ccccc2C)c1=S. The molecule has 0 aliphatic heterocycles. The predicted octanol–water partition coefficient (Wildman–Crippen LogP) is 4.67. The second-order valence-corrected chi connectivity index (χ2v) is 7.15. The predicted molar refractivity (Wildman–Crippen MR) is 116 cm³/mol. The molecule has 6 heteroatoms. The Morgan fingerprint density at radius 2 is 1.89 bits per heavy atom. The summed E-state index contributed by atoms with van der Waals surface area (Å²) in [5, 5.41) is 4.82. The van der Waals surface area contributed by atoms with Crippen molar-refractivity contribution in [2.24, 2.45) is 0 Å². The molecule has 1 aromatic heterocycles. The molecule has 1 heterocycles. The summed E-state index contributed by atoms with van der Waals surface area (Å²) >= 11 is 5.71. The number of aromatic nitrogens is 3. The summed E-state index contributed by atoms with van der Waals surface area (Å²) in [5.41, 5.74) is 3.50. The zero-order valence-corrected chi connectivity index (χ0v) is 17.4. The van der Waals surface area contributed by atoms with Gasteiger partial charge in [-0.15, -0.1) is 6.58 Å². The van der Waals surface area contributed by atoms with Crippen LogP contribution in [0.4, 0.5) is 0 Å². The highest BCUT2D eigenvalue weighted by atomic mass is 32.1. The van der Waals surface area contributed by atoms with Crippen LogP contribution in [0.2, 0.25) is 0 Å². The van der Waals surface area contributed by atoms with Crippen molar-refractivity contribution in [1.29, 1.82) is 0 Å². The van der Waals surface area contributed by atoms with Gasteiger partial charge in [0.1, 0.15) is 5.75 Å². The van der Waals surface area contributed by atoms with Gasteiger partial charge < -0.3 is 4.74 Å². The van der Waals surface area contributed by atoms with Crippen molar-refractivity contribution in [1.82, 2.24) is 19.2 Å². The molecule has 0 saturated heterocycles. The van der Waals surface area contributed by atoms with Crippen molar-refractivity contribution < 1.29 is 4.74 Å². The number of methoxy groups -OCH3 is 1. The van der Waals surface area contributed by atoms with Crippen LogP contribution in [0.1, 0.15) is 11.1 Å². The smallest absolute Gasteiger partial charge is 0.199 e. The summed E-state index contributed by atoms with van der Waals surface area (Å²) in [6.45, 7) is 8.01. The minimum atomic E-state index is 0.591. The van der Waals surface area contributed by atoms with Crippen LogP contribution in [-0.2, 0) is 19.8 Å².